The first-order chi connectivity index (χ1) is 13.8. The smallest absolute Gasteiger partial charge is 0.319 e. The number of hydrogen-bond donors (Lipinski definition) is 1. The number of anilines is 1. The summed E-state index contributed by atoms with van der Waals surface area (Å²) in [4.78, 5) is 9.94. The highest BCUT2D eigenvalue weighted by atomic mass is 35.5. The van der Waals surface area contributed by atoms with Crippen LogP contribution in [0, 0.1) is 0 Å². The van der Waals surface area contributed by atoms with Crippen molar-refractivity contribution >= 4 is 23.1 Å². The van der Waals surface area contributed by atoms with E-state index in [0.29, 0.717) is 17.0 Å². The highest BCUT2D eigenvalue weighted by molar-refractivity contribution is 6.33. The van der Waals surface area contributed by atoms with Crippen LogP contribution < -0.4 is 4.90 Å². The molecule has 0 bridgehead atoms. The molecule has 142 valence electrons. The van der Waals surface area contributed by atoms with E-state index in [4.69, 9.17) is 21.1 Å². The molecule has 0 radical (unpaired) electrons. The predicted octanol–water partition coefficient (Wildman–Crippen LogP) is 3.51. The van der Waals surface area contributed by atoms with E-state index in [1.807, 2.05) is 24.4 Å². The molecule has 0 spiro atoms. The average molecular weight is 396 g/mol. The molecule has 9 heteroatoms. The van der Waals surface area contributed by atoms with Crippen molar-refractivity contribution in [1.82, 2.24) is 29.8 Å². The third-order valence-corrected chi connectivity index (χ3v) is 6.12. The van der Waals surface area contributed by atoms with Crippen molar-refractivity contribution in [2.45, 2.75) is 37.6 Å². The van der Waals surface area contributed by atoms with Gasteiger partial charge in [0.25, 0.3) is 0 Å². The molecule has 28 heavy (non-hydrogen) atoms. The van der Waals surface area contributed by atoms with Crippen molar-refractivity contribution in [2.75, 3.05) is 11.4 Å². The molecule has 5 heterocycles. The Morgan fingerprint density at radius 2 is 2.18 bits per heavy atom. The Hall–Kier alpha value is -2.87. The zero-order valence-electron chi connectivity index (χ0n) is 15.0. The Balaban J connectivity index is 1.46. The molecule has 6 rings (SSSR count). The SMILES string of the molecule is Clc1cccn2nc([C@H]3c4nc[nH]c4CCN3c3nnc(C4CCC4)o3)cc12. The van der Waals surface area contributed by atoms with Crippen LogP contribution in [-0.4, -0.2) is 36.3 Å². The lowest BCUT2D eigenvalue weighted by atomic mass is 9.85. The lowest BCUT2D eigenvalue weighted by molar-refractivity contribution is 0.333. The van der Waals surface area contributed by atoms with Crippen molar-refractivity contribution in [3.63, 3.8) is 0 Å². The number of H-pyrrole nitrogens is 1. The Bertz CT molecular complexity index is 1160. The first-order valence-corrected chi connectivity index (χ1v) is 9.92. The molecule has 2 aliphatic rings. The molecule has 1 fully saturated rings. The second-order valence-electron chi connectivity index (χ2n) is 7.42. The first-order valence-electron chi connectivity index (χ1n) is 9.54. The fourth-order valence-corrected chi connectivity index (χ4v) is 4.29. The first kappa shape index (κ1) is 16.1. The van der Waals surface area contributed by atoms with Gasteiger partial charge in [-0.1, -0.05) is 23.1 Å². The standard InChI is InChI=1S/C19H18ClN7O/c20-12-5-2-7-27-15(12)9-14(25-27)17-16-13(21-10-22-16)6-8-26(17)19-24-23-18(28-19)11-3-1-4-11/h2,5,7,9-11,17H,1,3-4,6,8H2,(H,21,22)/t17-/m0/s1. The highest BCUT2D eigenvalue weighted by Gasteiger charge is 2.36. The number of imidazole rings is 1. The van der Waals surface area contributed by atoms with Gasteiger partial charge in [0.05, 0.1) is 28.3 Å². The van der Waals surface area contributed by atoms with Gasteiger partial charge in [-0.25, -0.2) is 9.50 Å². The summed E-state index contributed by atoms with van der Waals surface area (Å²) in [6.07, 6.45) is 7.94. The van der Waals surface area contributed by atoms with Crippen LogP contribution in [0.5, 0.6) is 0 Å². The molecule has 4 aromatic heterocycles. The van der Waals surface area contributed by atoms with E-state index in [1.165, 1.54) is 6.42 Å². The van der Waals surface area contributed by atoms with Gasteiger partial charge >= 0.3 is 6.01 Å². The van der Waals surface area contributed by atoms with Crippen LogP contribution in [0.15, 0.2) is 35.1 Å². The maximum Gasteiger partial charge on any atom is 0.319 e. The molecule has 0 unspecified atom stereocenters. The molecular formula is C19H18ClN7O. The Morgan fingerprint density at radius 3 is 3.00 bits per heavy atom. The van der Waals surface area contributed by atoms with Gasteiger partial charge in [-0.15, -0.1) is 5.10 Å². The number of rotatable bonds is 3. The molecule has 4 aromatic rings. The molecular weight excluding hydrogens is 378 g/mol. The quantitative estimate of drug-likeness (QED) is 0.571. The predicted molar refractivity (Wildman–Crippen MR) is 103 cm³/mol. The monoisotopic (exact) mass is 395 g/mol. The summed E-state index contributed by atoms with van der Waals surface area (Å²) in [6, 6.07) is 6.08. The lowest BCUT2D eigenvalue weighted by Gasteiger charge is -2.32. The van der Waals surface area contributed by atoms with Gasteiger partial charge < -0.3 is 14.3 Å². The molecule has 1 saturated carbocycles. The van der Waals surface area contributed by atoms with Gasteiger partial charge in [0.2, 0.25) is 5.89 Å². The summed E-state index contributed by atoms with van der Waals surface area (Å²) in [5.74, 6) is 1.14. The van der Waals surface area contributed by atoms with E-state index in [1.54, 1.807) is 10.8 Å². The summed E-state index contributed by atoms with van der Waals surface area (Å²) in [7, 11) is 0. The fraction of sp³-hybridized carbons (Fsp3) is 0.368. The van der Waals surface area contributed by atoms with Gasteiger partial charge in [-0.3, -0.25) is 0 Å². The molecule has 0 saturated heterocycles. The number of halogens is 1. The van der Waals surface area contributed by atoms with Gasteiger partial charge in [0, 0.05) is 30.8 Å². The summed E-state index contributed by atoms with van der Waals surface area (Å²) in [5.41, 5.74) is 3.77. The Kier molecular flexibility index (Phi) is 3.49. The minimum Gasteiger partial charge on any atom is -0.408 e. The van der Waals surface area contributed by atoms with E-state index < -0.39 is 0 Å². The largest absolute Gasteiger partial charge is 0.408 e. The summed E-state index contributed by atoms with van der Waals surface area (Å²) >= 11 is 6.37. The second kappa shape index (κ2) is 6.07. The minimum atomic E-state index is -0.208. The average Bonchev–Trinajstić information content (AvgIpc) is 3.38. The third-order valence-electron chi connectivity index (χ3n) is 5.80. The Morgan fingerprint density at radius 1 is 1.25 bits per heavy atom. The van der Waals surface area contributed by atoms with E-state index in [2.05, 4.69) is 25.1 Å². The van der Waals surface area contributed by atoms with E-state index in [0.717, 1.165) is 54.3 Å². The molecule has 0 amide bonds. The lowest BCUT2D eigenvalue weighted by Crippen LogP contribution is -2.37. The molecule has 1 aliphatic heterocycles. The normalized spacial score (nSPS) is 19.8. The van der Waals surface area contributed by atoms with E-state index in [-0.39, 0.29) is 6.04 Å². The maximum absolute atomic E-state index is 6.37. The van der Waals surface area contributed by atoms with Gasteiger partial charge in [0.15, 0.2) is 0 Å². The van der Waals surface area contributed by atoms with Crippen LogP contribution in [0.2, 0.25) is 5.02 Å². The molecule has 1 aliphatic carbocycles. The minimum absolute atomic E-state index is 0.208. The molecule has 0 aromatic carbocycles. The number of nitrogens with one attached hydrogen (secondary N) is 1. The second-order valence-corrected chi connectivity index (χ2v) is 7.83. The van der Waals surface area contributed by atoms with Crippen molar-refractivity contribution in [3.05, 3.63) is 58.7 Å². The van der Waals surface area contributed by atoms with Gasteiger partial charge in [0.1, 0.15) is 6.04 Å². The summed E-state index contributed by atoms with van der Waals surface area (Å²) < 4.78 is 7.87. The van der Waals surface area contributed by atoms with Crippen molar-refractivity contribution in [2.24, 2.45) is 0 Å². The number of fused-ring (bicyclic) bond motifs is 2. The van der Waals surface area contributed by atoms with E-state index >= 15 is 0 Å². The van der Waals surface area contributed by atoms with Crippen LogP contribution in [0.3, 0.4) is 0 Å². The van der Waals surface area contributed by atoms with Crippen molar-refractivity contribution in [1.29, 1.82) is 0 Å². The zero-order valence-corrected chi connectivity index (χ0v) is 15.8. The number of nitrogens with zero attached hydrogens (tertiary/aromatic N) is 6. The number of hydrogen-bond acceptors (Lipinski definition) is 6. The zero-order chi connectivity index (χ0) is 18.7. The Labute approximate surface area is 165 Å². The van der Waals surface area contributed by atoms with E-state index in [9.17, 15) is 0 Å². The fourth-order valence-electron chi connectivity index (χ4n) is 4.08. The molecule has 8 nitrogen and oxygen atoms in total. The highest BCUT2D eigenvalue weighted by Crippen LogP contribution is 2.40. The van der Waals surface area contributed by atoms with Crippen LogP contribution in [-0.2, 0) is 6.42 Å². The topological polar surface area (TPSA) is 88.1 Å². The van der Waals surface area contributed by atoms with Gasteiger partial charge in [-0.05, 0) is 31.0 Å². The number of pyridine rings is 1. The number of aromatic amines is 1. The van der Waals surface area contributed by atoms with Crippen LogP contribution >= 0.6 is 11.6 Å². The van der Waals surface area contributed by atoms with Crippen LogP contribution in [0.25, 0.3) is 5.52 Å². The maximum atomic E-state index is 6.37. The van der Waals surface area contributed by atoms with Crippen LogP contribution in [0.4, 0.5) is 6.01 Å². The number of aromatic nitrogens is 6. The van der Waals surface area contributed by atoms with Crippen molar-refractivity contribution < 1.29 is 4.42 Å². The van der Waals surface area contributed by atoms with Crippen molar-refractivity contribution in [3.8, 4) is 0 Å². The third kappa shape index (κ3) is 2.37. The summed E-state index contributed by atoms with van der Waals surface area (Å²) in [6.45, 7) is 0.744. The molecule has 1 N–H and O–H groups in total. The summed E-state index contributed by atoms with van der Waals surface area (Å²) in [5, 5.41) is 14.1. The van der Waals surface area contributed by atoms with Gasteiger partial charge in [-0.2, -0.15) is 5.10 Å². The molecule has 1 atom stereocenters. The van der Waals surface area contributed by atoms with Crippen LogP contribution in [0.1, 0.15) is 54.2 Å².